The van der Waals surface area contributed by atoms with Crippen LogP contribution in [0.15, 0.2) is 42.5 Å². The van der Waals surface area contributed by atoms with Gasteiger partial charge in [-0.05, 0) is 29.8 Å². The minimum Gasteiger partial charge on any atom is -0.497 e. The third kappa shape index (κ3) is 3.53. The number of benzene rings is 2. The lowest BCUT2D eigenvalue weighted by Gasteiger charge is -2.23. The summed E-state index contributed by atoms with van der Waals surface area (Å²) in [5, 5.41) is 10.8. The molecule has 0 aliphatic carbocycles. The minimum absolute atomic E-state index is 0.177. The molecule has 0 bridgehead atoms. The van der Waals surface area contributed by atoms with Crippen LogP contribution in [-0.4, -0.2) is 18.8 Å². The van der Waals surface area contributed by atoms with Crippen LogP contribution in [0.4, 0.5) is 4.39 Å². The number of rotatable bonds is 5. The number of hydrogen-bond acceptors (Lipinski definition) is 3. The number of aliphatic hydroxyl groups is 1. The zero-order valence-corrected chi connectivity index (χ0v) is 12.3. The molecule has 0 spiro atoms. The van der Waals surface area contributed by atoms with Crippen LogP contribution in [0.3, 0.4) is 0 Å². The van der Waals surface area contributed by atoms with Crippen molar-refractivity contribution >= 4 is 11.6 Å². The first kappa shape index (κ1) is 15.8. The Bertz CT molecular complexity index is 621. The zero-order valence-electron chi connectivity index (χ0n) is 11.6. The van der Waals surface area contributed by atoms with E-state index in [1.165, 1.54) is 12.1 Å². The lowest BCUT2D eigenvalue weighted by molar-refractivity contribution is 0.143. The summed E-state index contributed by atoms with van der Waals surface area (Å²) in [6.45, 7) is 0.177. The van der Waals surface area contributed by atoms with Crippen molar-refractivity contribution < 1.29 is 14.2 Å². The van der Waals surface area contributed by atoms with Gasteiger partial charge in [0.15, 0.2) is 0 Å². The highest BCUT2D eigenvalue weighted by molar-refractivity contribution is 6.30. The Kier molecular flexibility index (Phi) is 5.17. The average molecular weight is 310 g/mol. The second-order valence-electron chi connectivity index (χ2n) is 4.73. The molecule has 0 aliphatic rings. The van der Waals surface area contributed by atoms with Crippen LogP contribution in [0, 0.1) is 5.82 Å². The average Bonchev–Trinajstić information content (AvgIpc) is 2.48. The summed E-state index contributed by atoms with van der Waals surface area (Å²) in [4.78, 5) is 0. The number of nitrogens with two attached hydrogens (primary N) is 1. The molecule has 0 radical (unpaired) electrons. The molecule has 2 aromatic rings. The van der Waals surface area contributed by atoms with Gasteiger partial charge >= 0.3 is 0 Å². The second-order valence-corrected chi connectivity index (χ2v) is 5.17. The van der Waals surface area contributed by atoms with Crippen LogP contribution in [0.2, 0.25) is 5.02 Å². The van der Waals surface area contributed by atoms with Gasteiger partial charge in [0.1, 0.15) is 11.6 Å². The Hall–Kier alpha value is -1.62. The Morgan fingerprint density at radius 3 is 2.67 bits per heavy atom. The predicted octanol–water partition coefficient (Wildman–Crippen LogP) is 3.26. The van der Waals surface area contributed by atoms with Crippen LogP contribution < -0.4 is 10.5 Å². The van der Waals surface area contributed by atoms with E-state index < -0.39 is 17.8 Å². The third-order valence-electron chi connectivity index (χ3n) is 3.44. The molecule has 21 heavy (non-hydrogen) atoms. The highest BCUT2D eigenvalue weighted by Gasteiger charge is 2.24. The SMILES string of the molecule is COc1cccc(C(CN)C(O)c2ccc(Cl)cc2F)c1. The Morgan fingerprint density at radius 2 is 2.05 bits per heavy atom. The van der Waals surface area contributed by atoms with Crippen LogP contribution in [0.5, 0.6) is 5.75 Å². The Morgan fingerprint density at radius 1 is 1.29 bits per heavy atom. The molecule has 2 unspecified atom stereocenters. The zero-order chi connectivity index (χ0) is 15.4. The van der Waals surface area contributed by atoms with Gasteiger partial charge in [0.2, 0.25) is 0 Å². The first-order valence-electron chi connectivity index (χ1n) is 6.54. The van der Waals surface area contributed by atoms with Gasteiger partial charge in [-0.2, -0.15) is 0 Å². The highest BCUT2D eigenvalue weighted by Crippen LogP contribution is 2.33. The van der Waals surface area contributed by atoms with Crippen LogP contribution >= 0.6 is 11.6 Å². The Labute approximate surface area is 128 Å². The fraction of sp³-hybridized carbons (Fsp3) is 0.250. The molecule has 2 aromatic carbocycles. The van der Waals surface area contributed by atoms with Gasteiger partial charge in [-0.1, -0.05) is 29.8 Å². The summed E-state index contributed by atoms with van der Waals surface area (Å²) < 4.78 is 19.1. The summed E-state index contributed by atoms with van der Waals surface area (Å²) in [6.07, 6.45) is -1.06. The maximum Gasteiger partial charge on any atom is 0.130 e. The number of aliphatic hydroxyl groups excluding tert-OH is 1. The molecule has 0 fully saturated rings. The van der Waals surface area contributed by atoms with Gasteiger partial charge in [-0.3, -0.25) is 0 Å². The van der Waals surface area contributed by atoms with Gasteiger partial charge < -0.3 is 15.6 Å². The molecule has 2 rings (SSSR count). The topological polar surface area (TPSA) is 55.5 Å². The number of ether oxygens (including phenoxy) is 1. The van der Waals surface area contributed by atoms with Crippen molar-refractivity contribution in [2.45, 2.75) is 12.0 Å². The first-order chi connectivity index (χ1) is 10.1. The van der Waals surface area contributed by atoms with Crippen LogP contribution in [-0.2, 0) is 0 Å². The lowest BCUT2D eigenvalue weighted by atomic mass is 9.89. The highest BCUT2D eigenvalue weighted by atomic mass is 35.5. The van der Waals surface area contributed by atoms with Gasteiger partial charge in [0.25, 0.3) is 0 Å². The molecule has 0 heterocycles. The van der Waals surface area contributed by atoms with E-state index in [4.69, 9.17) is 22.1 Å². The molecule has 0 aliphatic heterocycles. The van der Waals surface area contributed by atoms with Crippen LogP contribution in [0.25, 0.3) is 0 Å². The van der Waals surface area contributed by atoms with Crippen molar-refractivity contribution in [3.05, 3.63) is 64.4 Å². The maximum atomic E-state index is 13.9. The standard InChI is InChI=1S/C16H17ClFNO2/c1-21-12-4-2-3-10(7-12)14(9-19)16(20)13-6-5-11(17)8-15(13)18/h2-8,14,16,20H,9,19H2,1H3. The summed E-state index contributed by atoms with van der Waals surface area (Å²) >= 11 is 5.73. The van der Waals surface area contributed by atoms with Crippen molar-refractivity contribution in [3.8, 4) is 5.75 Å². The molecule has 0 aromatic heterocycles. The first-order valence-corrected chi connectivity index (χ1v) is 6.91. The van der Waals surface area contributed by atoms with Crippen molar-refractivity contribution in [1.82, 2.24) is 0 Å². The molecule has 0 saturated heterocycles. The number of halogens is 2. The van der Waals surface area contributed by atoms with E-state index >= 15 is 0 Å². The van der Waals surface area contributed by atoms with Crippen LogP contribution in [0.1, 0.15) is 23.1 Å². The van der Waals surface area contributed by atoms with Crippen molar-refractivity contribution in [3.63, 3.8) is 0 Å². The molecular formula is C16H17ClFNO2. The minimum atomic E-state index is -1.06. The van der Waals surface area contributed by atoms with Crippen molar-refractivity contribution in [2.75, 3.05) is 13.7 Å². The number of methoxy groups -OCH3 is 1. The van der Waals surface area contributed by atoms with E-state index in [-0.39, 0.29) is 17.1 Å². The molecule has 3 nitrogen and oxygen atoms in total. The molecular weight excluding hydrogens is 293 g/mol. The second kappa shape index (κ2) is 6.89. The largest absolute Gasteiger partial charge is 0.497 e. The predicted molar refractivity (Wildman–Crippen MR) is 81.2 cm³/mol. The quantitative estimate of drug-likeness (QED) is 0.891. The molecule has 112 valence electrons. The lowest BCUT2D eigenvalue weighted by Crippen LogP contribution is -2.21. The van der Waals surface area contributed by atoms with Crippen molar-refractivity contribution in [2.24, 2.45) is 5.73 Å². The molecule has 3 N–H and O–H groups in total. The van der Waals surface area contributed by atoms with Gasteiger partial charge in [-0.25, -0.2) is 4.39 Å². The molecule has 0 saturated carbocycles. The van der Waals surface area contributed by atoms with E-state index in [9.17, 15) is 9.50 Å². The van der Waals surface area contributed by atoms with E-state index in [1.807, 2.05) is 12.1 Å². The fourth-order valence-corrected chi connectivity index (χ4v) is 2.44. The van der Waals surface area contributed by atoms with Gasteiger partial charge in [0, 0.05) is 23.0 Å². The number of hydrogen-bond donors (Lipinski definition) is 2. The van der Waals surface area contributed by atoms with Gasteiger partial charge in [0.05, 0.1) is 13.2 Å². The fourth-order valence-electron chi connectivity index (χ4n) is 2.28. The van der Waals surface area contributed by atoms with E-state index in [0.29, 0.717) is 5.75 Å². The summed E-state index contributed by atoms with van der Waals surface area (Å²) in [6, 6.07) is 11.4. The monoisotopic (exact) mass is 309 g/mol. The summed E-state index contributed by atoms with van der Waals surface area (Å²) in [5.74, 6) is -0.318. The molecule has 5 heteroatoms. The van der Waals surface area contributed by atoms with E-state index in [0.717, 1.165) is 5.56 Å². The maximum absolute atomic E-state index is 13.9. The van der Waals surface area contributed by atoms with Crippen molar-refractivity contribution in [1.29, 1.82) is 0 Å². The van der Waals surface area contributed by atoms with Gasteiger partial charge in [-0.15, -0.1) is 0 Å². The summed E-state index contributed by atoms with van der Waals surface area (Å²) in [5.41, 5.74) is 6.73. The Balaban J connectivity index is 2.35. The van der Waals surface area contributed by atoms with E-state index in [2.05, 4.69) is 0 Å². The smallest absolute Gasteiger partial charge is 0.130 e. The normalized spacial score (nSPS) is 13.8. The molecule has 0 amide bonds. The molecule has 2 atom stereocenters. The summed E-state index contributed by atoms with van der Waals surface area (Å²) in [7, 11) is 1.56. The van der Waals surface area contributed by atoms with E-state index in [1.54, 1.807) is 25.3 Å². The third-order valence-corrected chi connectivity index (χ3v) is 3.67.